The summed E-state index contributed by atoms with van der Waals surface area (Å²) >= 11 is 1.21. The number of hydrogen-bond acceptors (Lipinski definition) is 7. The van der Waals surface area contributed by atoms with Gasteiger partial charge < -0.3 is 5.32 Å². The Morgan fingerprint density at radius 2 is 2.00 bits per heavy atom. The molecule has 146 valence electrons. The van der Waals surface area contributed by atoms with Crippen LogP contribution in [0.1, 0.15) is 12.8 Å². The quantitative estimate of drug-likeness (QED) is 0.676. The molecular weight excluding hydrogens is 400 g/mol. The van der Waals surface area contributed by atoms with Crippen LogP contribution in [0.15, 0.2) is 52.3 Å². The average molecular weight is 419 g/mol. The van der Waals surface area contributed by atoms with E-state index in [0.717, 1.165) is 5.69 Å². The van der Waals surface area contributed by atoms with Crippen LogP contribution in [-0.4, -0.2) is 51.9 Å². The predicted molar refractivity (Wildman–Crippen MR) is 104 cm³/mol. The number of piperidine rings is 1. The van der Waals surface area contributed by atoms with Gasteiger partial charge in [-0.25, -0.2) is 13.1 Å². The fourth-order valence-corrected chi connectivity index (χ4v) is 5.76. The molecule has 1 aliphatic heterocycles. The molecule has 0 atom stereocenters. The Kier molecular flexibility index (Phi) is 5.20. The van der Waals surface area contributed by atoms with Crippen molar-refractivity contribution in [2.75, 3.05) is 18.4 Å². The van der Waals surface area contributed by atoms with Crippen LogP contribution in [-0.2, 0) is 14.8 Å². The molecule has 1 aromatic carbocycles. The third-order valence-corrected chi connectivity index (χ3v) is 7.91. The molecule has 0 saturated carbocycles. The Morgan fingerprint density at radius 3 is 2.68 bits per heavy atom. The SMILES string of the molecule is O=C(Nc1cccc(-n2cnnn2)c1)C1CCN(S(=O)(=O)c2cccs2)CC1. The van der Waals surface area contributed by atoms with E-state index in [4.69, 9.17) is 0 Å². The molecule has 0 aliphatic carbocycles. The van der Waals surface area contributed by atoms with Crippen LogP contribution in [0.4, 0.5) is 5.69 Å². The molecule has 2 aromatic heterocycles. The molecule has 3 heterocycles. The maximum atomic E-state index is 12.6. The lowest BCUT2D eigenvalue weighted by molar-refractivity contribution is -0.120. The lowest BCUT2D eigenvalue weighted by atomic mass is 9.97. The molecule has 1 fully saturated rings. The zero-order valence-corrected chi connectivity index (χ0v) is 16.4. The molecule has 0 radical (unpaired) electrons. The largest absolute Gasteiger partial charge is 0.326 e. The fraction of sp³-hybridized carbons (Fsp3) is 0.294. The summed E-state index contributed by atoms with van der Waals surface area (Å²) in [7, 11) is -3.46. The summed E-state index contributed by atoms with van der Waals surface area (Å²) in [6.45, 7) is 0.673. The van der Waals surface area contributed by atoms with Gasteiger partial charge in [0, 0.05) is 24.7 Å². The molecule has 28 heavy (non-hydrogen) atoms. The van der Waals surface area contributed by atoms with Gasteiger partial charge in [-0.2, -0.15) is 4.31 Å². The molecule has 3 aromatic rings. The standard InChI is InChI=1S/C17H18N6O3S2/c24-17(19-14-3-1-4-15(11-14)23-12-18-20-21-23)13-6-8-22(9-7-13)28(25,26)16-5-2-10-27-16/h1-5,10-13H,6-9H2,(H,19,24). The zero-order chi connectivity index (χ0) is 19.6. The number of benzene rings is 1. The fourth-order valence-electron chi connectivity index (χ4n) is 3.15. The summed E-state index contributed by atoms with van der Waals surface area (Å²) < 4.78 is 28.5. The Balaban J connectivity index is 1.38. The summed E-state index contributed by atoms with van der Waals surface area (Å²) in [6, 6.07) is 10.5. The molecule has 1 amide bonds. The monoisotopic (exact) mass is 418 g/mol. The Labute approximate surface area is 166 Å². The van der Waals surface area contributed by atoms with E-state index in [2.05, 4.69) is 20.8 Å². The summed E-state index contributed by atoms with van der Waals surface area (Å²) in [4.78, 5) is 12.6. The number of aromatic nitrogens is 4. The average Bonchev–Trinajstić information content (AvgIpc) is 3.42. The first kappa shape index (κ1) is 18.7. The zero-order valence-electron chi connectivity index (χ0n) is 14.8. The van der Waals surface area contributed by atoms with Gasteiger partial charge in [0.1, 0.15) is 10.5 Å². The van der Waals surface area contributed by atoms with Crippen LogP contribution >= 0.6 is 11.3 Å². The second-order valence-electron chi connectivity index (χ2n) is 6.40. The summed E-state index contributed by atoms with van der Waals surface area (Å²) in [6.07, 6.45) is 2.46. The minimum atomic E-state index is -3.46. The topological polar surface area (TPSA) is 110 Å². The van der Waals surface area contributed by atoms with Crippen molar-refractivity contribution in [1.29, 1.82) is 0 Å². The van der Waals surface area contributed by atoms with Crippen LogP contribution in [0.3, 0.4) is 0 Å². The molecule has 1 N–H and O–H groups in total. The van der Waals surface area contributed by atoms with Crippen molar-refractivity contribution in [2.45, 2.75) is 17.1 Å². The van der Waals surface area contributed by atoms with Gasteiger partial charge in [0.05, 0.1) is 5.69 Å². The van der Waals surface area contributed by atoms with Crippen LogP contribution in [0.25, 0.3) is 5.69 Å². The van der Waals surface area contributed by atoms with Gasteiger partial charge in [-0.1, -0.05) is 12.1 Å². The number of amides is 1. The maximum absolute atomic E-state index is 12.6. The number of sulfonamides is 1. The van der Waals surface area contributed by atoms with Crippen LogP contribution in [0, 0.1) is 5.92 Å². The normalized spacial score (nSPS) is 16.1. The number of thiophene rings is 1. The highest BCUT2D eigenvalue weighted by Gasteiger charge is 2.32. The van der Waals surface area contributed by atoms with Crippen LogP contribution in [0.5, 0.6) is 0 Å². The summed E-state index contributed by atoms with van der Waals surface area (Å²) in [5.74, 6) is -0.339. The number of hydrogen-bond donors (Lipinski definition) is 1. The molecule has 11 heteroatoms. The maximum Gasteiger partial charge on any atom is 0.252 e. The van der Waals surface area contributed by atoms with E-state index in [-0.39, 0.29) is 11.8 Å². The molecule has 1 aliphatic rings. The van der Waals surface area contributed by atoms with Gasteiger partial charge in [-0.15, -0.1) is 16.4 Å². The number of nitrogens with zero attached hydrogens (tertiary/aromatic N) is 5. The highest BCUT2D eigenvalue weighted by Crippen LogP contribution is 2.27. The second kappa shape index (κ2) is 7.78. The number of carbonyl (C=O) groups excluding carboxylic acids is 1. The molecule has 0 unspecified atom stereocenters. The lowest BCUT2D eigenvalue weighted by Gasteiger charge is -2.30. The third-order valence-electron chi connectivity index (χ3n) is 4.64. The smallest absolute Gasteiger partial charge is 0.252 e. The van der Waals surface area contributed by atoms with E-state index < -0.39 is 10.0 Å². The van der Waals surface area contributed by atoms with E-state index in [1.54, 1.807) is 29.6 Å². The predicted octanol–water partition coefficient (Wildman–Crippen LogP) is 1.76. The van der Waals surface area contributed by atoms with Crippen molar-refractivity contribution in [1.82, 2.24) is 24.5 Å². The van der Waals surface area contributed by atoms with E-state index in [9.17, 15) is 13.2 Å². The van der Waals surface area contributed by atoms with E-state index in [1.165, 1.54) is 26.7 Å². The molecule has 0 spiro atoms. The van der Waals surface area contributed by atoms with Crippen LogP contribution < -0.4 is 5.32 Å². The summed E-state index contributed by atoms with van der Waals surface area (Å²) in [5.41, 5.74) is 1.38. The first-order chi connectivity index (χ1) is 13.5. The number of rotatable bonds is 5. The Morgan fingerprint density at radius 1 is 1.18 bits per heavy atom. The first-order valence-electron chi connectivity index (χ1n) is 8.72. The molecular formula is C17H18N6O3S2. The highest BCUT2D eigenvalue weighted by molar-refractivity contribution is 7.91. The molecule has 4 rings (SSSR count). The van der Waals surface area contributed by atoms with E-state index in [0.29, 0.717) is 35.8 Å². The van der Waals surface area contributed by atoms with Gasteiger partial charge >= 0.3 is 0 Å². The number of carbonyl (C=O) groups is 1. The Hall–Kier alpha value is -2.63. The molecule has 0 bridgehead atoms. The lowest BCUT2D eigenvalue weighted by Crippen LogP contribution is -2.41. The van der Waals surface area contributed by atoms with Gasteiger partial charge in [0.25, 0.3) is 10.0 Å². The third kappa shape index (κ3) is 3.81. The van der Waals surface area contributed by atoms with Crippen molar-refractivity contribution < 1.29 is 13.2 Å². The molecule has 9 nitrogen and oxygen atoms in total. The van der Waals surface area contributed by atoms with Gasteiger partial charge in [0.2, 0.25) is 5.91 Å². The van der Waals surface area contributed by atoms with E-state index in [1.807, 2.05) is 12.1 Å². The second-order valence-corrected chi connectivity index (χ2v) is 9.52. The molecule has 1 saturated heterocycles. The number of tetrazole rings is 1. The summed E-state index contributed by atoms with van der Waals surface area (Å²) in [5, 5.41) is 15.7. The van der Waals surface area contributed by atoms with E-state index >= 15 is 0 Å². The van der Waals surface area contributed by atoms with Crippen molar-refractivity contribution >= 4 is 33.0 Å². The minimum absolute atomic E-state index is 0.109. The minimum Gasteiger partial charge on any atom is -0.326 e. The van der Waals surface area contributed by atoms with Crippen LogP contribution in [0.2, 0.25) is 0 Å². The van der Waals surface area contributed by atoms with Gasteiger partial charge in [-0.3, -0.25) is 4.79 Å². The van der Waals surface area contributed by atoms with Crippen molar-refractivity contribution in [3.05, 3.63) is 48.1 Å². The number of anilines is 1. The number of nitrogens with one attached hydrogen (secondary N) is 1. The Bertz CT molecular complexity index is 1040. The van der Waals surface area contributed by atoms with Crippen molar-refractivity contribution in [3.63, 3.8) is 0 Å². The first-order valence-corrected chi connectivity index (χ1v) is 11.0. The van der Waals surface area contributed by atoms with Gasteiger partial charge in [0.15, 0.2) is 0 Å². The van der Waals surface area contributed by atoms with Crippen molar-refractivity contribution in [2.24, 2.45) is 5.92 Å². The highest BCUT2D eigenvalue weighted by atomic mass is 32.2. The van der Waals surface area contributed by atoms with Crippen molar-refractivity contribution in [3.8, 4) is 5.69 Å². The van der Waals surface area contributed by atoms with Gasteiger partial charge in [-0.05, 0) is 52.9 Å².